The van der Waals surface area contributed by atoms with E-state index in [-0.39, 0.29) is 19.6 Å². The Morgan fingerprint density at radius 1 is 1.29 bits per heavy atom. The molecule has 1 unspecified atom stereocenters. The van der Waals surface area contributed by atoms with Crippen molar-refractivity contribution in [3.05, 3.63) is 35.4 Å². The number of carbonyl (C=O) groups is 1. The molecule has 0 spiro atoms. The monoisotopic (exact) mass is 239 g/mol. The lowest BCUT2D eigenvalue weighted by Crippen LogP contribution is -2.29. The van der Waals surface area contributed by atoms with E-state index in [4.69, 9.17) is 15.3 Å². The van der Waals surface area contributed by atoms with Crippen LogP contribution in [0.5, 0.6) is 0 Å². The zero-order chi connectivity index (χ0) is 12.7. The molecule has 0 fully saturated rings. The number of hydrogen-bond donors (Lipinski definition) is 4. The largest absolute Gasteiger partial charge is 0.481 e. The van der Waals surface area contributed by atoms with Crippen LogP contribution in [0.3, 0.4) is 0 Å². The van der Waals surface area contributed by atoms with E-state index in [1.165, 1.54) is 0 Å². The van der Waals surface area contributed by atoms with Crippen LogP contribution in [0.25, 0.3) is 0 Å². The van der Waals surface area contributed by atoms with Gasteiger partial charge in [-0.1, -0.05) is 24.3 Å². The highest BCUT2D eigenvalue weighted by molar-refractivity contribution is 5.70. The molecular formula is C12H17NO4. The van der Waals surface area contributed by atoms with Crippen molar-refractivity contribution in [1.82, 2.24) is 5.32 Å². The lowest BCUT2D eigenvalue weighted by molar-refractivity contribution is -0.136. The highest BCUT2D eigenvalue weighted by Gasteiger charge is 2.06. The van der Waals surface area contributed by atoms with Crippen LogP contribution in [-0.2, 0) is 17.8 Å². The third-order valence-electron chi connectivity index (χ3n) is 2.37. The molecule has 17 heavy (non-hydrogen) atoms. The van der Waals surface area contributed by atoms with Gasteiger partial charge in [-0.15, -0.1) is 0 Å². The van der Waals surface area contributed by atoms with Crippen LogP contribution in [0, 0.1) is 0 Å². The van der Waals surface area contributed by atoms with Gasteiger partial charge in [0.15, 0.2) is 0 Å². The molecule has 0 aliphatic rings. The van der Waals surface area contributed by atoms with Crippen LogP contribution in [0.1, 0.15) is 11.1 Å². The summed E-state index contributed by atoms with van der Waals surface area (Å²) in [6.07, 6.45) is -0.804. The maximum Gasteiger partial charge on any atom is 0.307 e. The summed E-state index contributed by atoms with van der Waals surface area (Å²) in [6, 6.07) is 7.25. The molecular weight excluding hydrogens is 222 g/mol. The molecule has 1 aromatic rings. The first kappa shape index (κ1) is 13.6. The van der Waals surface area contributed by atoms with E-state index in [1.54, 1.807) is 12.1 Å². The highest BCUT2D eigenvalue weighted by atomic mass is 16.4. The summed E-state index contributed by atoms with van der Waals surface area (Å²) >= 11 is 0. The summed E-state index contributed by atoms with van der Waals surface area (Å²) in [5, 5.41) is 29.5. The lowest BCUT2D eigenvalue weighted by atomic mass is 10.0. The zero-order valence-corrected chi connectivity index (χ0v) is 9.47. The van der Waals surface area contributed by atoms with Crippen molar-refractivity contribution in [3.63, 3.8) is 0 Å². The molecule has 5 nitrogen and oxygen atoms in total. The Morgan fingerprint density at radius 2 is 1.94 bits per heavy atom. The number of nitrogens with one attached hydrogen (secondary N) is 1. The maximum absolute atomic E-state index is 10.7. The second kappa shape index (κ2) is 7.01. The molecule has 1 aromatic carbocycles. The number of aliphatic hydroxyl groups is 2. The molecule has 0 aliphatic heterocycles. The fourth-order valence-corrected chi connectivity index (χ4v) is 1.50. The normalized spacial score (nSPS) is 12.4. The van der Waals surface area contributed by atoms with Gasteiger partial charge in [-0.3, -0.25) is 4.79 Å². The number of carboxylic acid groups (broad SMARTS) is 1. The van der Waals surface area contributed by atoms with Gasteiger partial charge in [0, 0.05) is 13.1 Å². The number of carboxylic acids is 1. The number of aliphatic hydroxyl groups excluding tert-OH is 2. The van der Waals surface area contributed by atoms with Crippen molar-refractivity contribution in [1.29, 1.82) is 0 Å². The quantitative estimate of drug-likeness (QED) is 0.527. The Morgan fingerprint density at radius 3 is 2.53 bits per heavy atom. The summed E-state index contributed by atoms with van der Waals surface area (Å²) in [6.45, 7) is 0.461. The van der Waals surface area contributed by atoms with E-state index < -0.39 is 12.1 Å². The van der Waals surface area contributed by atoms with Crippen molar-refractivity contribution < 1.29 is 20.1 Å². The first-order valence-electron chi connectivity index (χ1n) is 5.41. The molecule has 0 saturated carbocycles. The maximum atomic E-state index is 10.7. The predicted molar refractivity (Wildman–Crippen MR) is 62.6 cm³/mol. The van der Waals surface area contributed by atoms with Gasteiger partial charge in [0.05, 0.1) is 19.1 Å². The van der Waals surface area contributed by atoms with Gasteiger partial charge >= 0.3 is 5.97 Å². The van der Waals surface area contributed by atoms with Crippen molar-refractivity contribution in [2.24, 2.45) is 0 Å². The van der Waals surface area contributed by atoms with Gasteiger partial charge in [-0.05, 0) is 11.1 Å². The summed E-state index contributed by atoms with van der Waals surface area (Å²) in [5.41, 5.74) is 1.64. The minimum atomic E-state index is -0.868. The predicted octanol–water partition coefficient (Wildman–Crippen LogP) is -0.243. The Kier molecular flexibility index (Phi) is 5.62. The minimum absolute atomic E-state index is 0.0135. The fourth-order valence-electron chi connectivity index (χ4n) is 1.50. The molecule has 5 heteroatoms. The van der Waals surface area contributed by atoms with E-state index in [0.29, 0.717) is 6.54 Å². The van der Waals surface area contributed by atoms with Crippen LogP contribution in [0.4, 0.5) is 0 Å². The summed E-state index contributed by atoms with van der Waals surface area (Å²) in [4.78, 5) is 10.7. The van der Waals surface area contributed by atoms with Crippen molar-refractivity contribution in [2.75, 3.05) is 13.2 Å². The molecule has 0 aromatic heterocycles. The van der Waals surface area contributed by atoms with Crippen LogP contribution in [0.15, 0.2) is 24.3 Å². The number of aliphatic carboxylic acids is 1. The first-order chi connectivity index (χ1) is 8.13. The molecule has 4 N–H and O–H groups in total. The molecule has 0 heterocycles. The van der Waals surface area contributed by atoms with Gasteiger partial charge < -0.3 is 20.6 Å². The van der Waals surface area contributed by atoms with E-state index >= 15 is 0 Å². The van der Waals surface area contributed by atoms with Gasteiger partial charge in [-0.25, -0.2) is 0 Å². The Labute approximate surface area is 99.7 Å². The third kappa shape index (κ3) is 4.95. The minimum Gasteiger partial charge on any atom is -0.481 e. The standard InChI is InChI=1S/C12H17NO4/c14-8-11(15)7-13-6-10-4-2-1-3-9(10)5-12(16)17/h1-4,11,13-15H,5-8H2,(H,16,17). The molecule has 0 radical (unpaired) electrons. The SMILES string of the molecule is O=C(O)Cc1ccccc1CNCC(O)CO. The number of benzene rings is 1. The van der Waals surface area contributed by atoms with E-state index in [9.17, 15) is 4.79 Å². The summed E-state index contributed by atoms with van der Waals surface area (Å²) in [5.74, 6) is -0.868. The zero-order valence-electron chi connectivity index (χ0n) is 9.47. The van der Waals surface area contributed by atoms with Crippen LogP contribution < -0.4 is 5.32 Å². The van der Waals surface area contributed by atoms with Crippen molar-refractivity contribution >= 4 is 5.97 Å². The van der Waals surface area contributed by atoms with Crippen LogP contribution in [-0.4, -0.2) is 40.5 Å². The smallest absolute Gasteiger partial charge is 0.307 e. The molecule has 94 valence electrons. The van der Waals surface area contributed by atoms with Gasteiger partial charge in [0.25, 0.3) is 0 Å². The second-order valence-corrected chi connectivity index (χ2v) is 3.81. The first-order valence-corrected chi connectivity index (χ1v) is 5.41. The van der Waals surface area contributed by atoms with Gasteiger partial charge in [-0.2, -0.15) is 0 Å². The Balaban J connectivity index is 2.54. The van der Waals surface area contributed by atoms with Gasteiger partial charge in [0.2, 0.25) is 0 Å². The Hall–Kier alpha value is -1.43. The average molecular weight is 239 g/mol. The third-order valence-corrected chi connectivity index (χ3v) is 2.37. The number of rotatable bonds is 7. The molecule has 1 rings (SSSR count). The van der Waals surface area contributed by atoms with Crippen LogP contribution >= 0.6 is 0 Å². The molecule has 0 saturated heterocycles. The van der Waals surface area contributed by atoms with E-state index in [2.05, 4.69) is 5.32 Å². The molecule has 0 bridgehead atoms. The van der Waals surface area contributed by atoms with Gasteiger partial charge in [0.1, 0.15) is 0 Å². The molecule has 0 aliphatic carbocycles. The van der Waals surface area contributed by atoms with Crippen molar-refractivity contribution in [2.45, 2.75) is 19.1 Å². The fraction of sp³-hybridized carbons (Fsp3) is 0.417. The second-order valence-electron chi connectivity index (χ2n) is 3.81. The van der Waals surface area contributed by atoms with E-state index in [0.717, 1.165) is 11.1 Å². The summed E-state index contributed by atoms with van der Waals surface area (Å²) in [7, 11) is 0. The highest BCUT2D eigenvalue weighted by Crippen LogP contribution is 2.09. The van der Waals surface area contributed by atoms with Crippen LogP contribution in [0.2, 0.25) is 0 Å². The van der Waals surface area contributed by atoms with Crippen molar-refractivity contribution in [3.8, 4) is 0 Å². The molecule has 0 amide bonds. The number of hydrogen-bond acceptors (Lipinski definition) is 4. The average Bonchev–Trinajstić information content (AvgIpc) is 2.30. The van der Waals surface area contributed by atoms with E-state index in [1.807, 2.05) is 12.1 Å². The summed E-state index contributed by atoms with van der Waals surface area (Å²) < 4.78 is 0. The topological polar surface area (TPSA) is 89.8 Å². The molecule has 1 atom stereocenters. The lowest BCUT2D eigenvalue weighted by Gasteiger charge is -2.11. The Bertz CT molecular complexity index is 367.